The zero-order valence-corrected chi connectivity index (χ0v) is 12.9. The molecule has 1 rings (SSSR count). The molecule has 0 aliphatic carbocycles. The molecule has 2 atom stereocenters. The summed E-state index contributed by atoms with van der Waals surface area (Å²) in [5.74, 6) is 0. The minimum atomic E-state index is -4.53. The van der Waals surface area contributed by atoms with Gasteiger partial charge in [0.25, 0.3) is 0 Å². The van der Waals surface area contributed by atoms with Crippen molar-refractivity contribution in [3.63, 3.8) is 0 Å². The van der Waals surface area contributed by atoms with Crippen LogP contribution in [0.15, 0.2) is 0 Å². The summed E-state index contributed by atoms with van der Waals surface area (Å²) in [7, 11) is 0. The lowest BCUT2D eigenvalue weighted by Crippen LogP contribution is -2.61. The maximum atomic E-state index is 12.1. The van der Waals surface area contributed by atoms with Gasteiger partial charge in [-0.3, -0.25) is 9.64 Å². The van der Waals surface area contributed by atoms with Crippen LogP contribution in [0, 0.1) is 5.41 Å². The van der Waals surface area contributed by atoms with Crippen LogP contribution >= 0.6 is 0 Å². The molecule has 0 aromatic carbocycles. The molecule has 1 aliphatic rings. The number of piperazine rings is 1. The van der Waals surface area contributed by atoms with E-state index in [2.05, 4.69) is 42.6 Å². The highest BCUT2D eigenvalue weighted by Gasteiger charge is 2.36. The number of nitrogens with one attached hydrogen (secondary N) is 1. The van der Waals surface area contributed by atoms with Gasteiger partial charge in [0.1, 0.15) is 0 Å². The Hall–Kier alpha value is -0.330. The molecule has 0 amide bonds. The number of ether oxygens (including phenoxy) is 1. The molecule has 1 saturated heterocycles. The zero-order valence-electron chi connectivity index (χ0n) is 12.9. The fraction of sp³-hybridized carbons (Fsp3) is 1.00. The van der Waals surface area contributed by atoms with Crippen molar-refractivity contribution in [1.82, 2.24) is 10.2 Å². The minimum Gasteiger partial charge on any atom is -0.311 e. The normalized spacial score (nSPS) is 25.9. The Morgan fingerprint density at radius 2 is 1.90 bits per heavy atom. The molecule has 0 bridgehead atoms. The minimum absolute atomic E-state index is 0.0302. The van der Waals surface area contributed by atoms with E-state index in [1.165, 1.54) is 0 Å². The van der Waals surface area contributed by atoms with E-state index in [9.17, 15) is 13.2 Å². The molecule has 6 heteroatoms. The van der Waals surface area contributed by atoms with E-state index in [1.807, 2.05) is 0 Å². The Morgan fingerprint density at radius 3 is 2.40 bits per heavy atom. The number of halogens is 3. The number of rotatable bonds is 5. The Balaban J connectivity index is 2.58. The van der Waals surface area contributed by atoms with Crippen LogP contribution < -0.4 is 5.32 Å². The molecular formula is C14H27F3N2O. The topological polar surface area (TPSA) is 24.5 Å². The number of alkyl halides is 3. The van der Waals surface area contributed by atoms with Crippen molar-refractivity contribution in [2.75, 3.05) is 26.2 Å². The molecule has 1 N–H and O–H groups in total. The predicted octanol–water partition coefficient (Wildman–Crippen LogP) is 3.01. The Labute approximate surface area is 119 Å². The van der Waals surface area contributed by atoms with Gasteiger partial charge in [0, 0.05) is 31.7 Å². The highest BCUT2D eigenvalue weighted by molar-refractivity contribution is 4.92. The first-order valence-electron chi connectivity index (χ1n) is 7.31. The second kappa shape index (κ2) is 7.09. The van der Waals surface area contributed by atoms with Gasteiger partial charge in [-0.05, 0) is 11.8 Å². The fourth-order valence-electron chi connectivity index (χ4n) is 2.80. The average molecular weight is 296 g/mol. The van der Waals surface area contributed by atoms with Crippen molar-refractivity contribution in [1.29, 1.82) is 0 Å². The molecule has 3 nitrogen and oxygen atoms in total. The van der Waals surface area contributed by atoms with Gasteiger partial charge in [-0.25, -0.2) is 0 Å². The molecule has 20 heavy (non-hydrogen) atoms. The smallest absolute Gasteiger partial charge is 0.311 e. The monoisotopic (exact) mass is 296 g/mol. The maximum absolute atomic E-state index is 12.1. The van der Waals surface area contributed by atoms with Crippen molar-refractivity contribution >= 4 is 0 Å². The number of nitrogens with zero attached hydrogens (tertiary/aromatic N) is 1. The first kappa shape index (κ1) is 17.7. The SMILES string of the molecule is CCCC1CN(CCOC(F)(F)F)C(C(C)(C)C)CN1. The van der Waals surface area contributed by atoms with Gasteiger partial charge in [0.05, 0.1) is 6.61 Å². The third kappa shape index (κ3) is 5.97. The summed E-state index contributed by atoms with van der Waals surface area (Å²) in [6, 6.07) is 0.594. The van der Waals surface area contributed by atoms with Gasteiger partial charge < -0.3 is 5.32 Å². The summed E-state index contributed by atoms with van der Waals surface area (Å²) in [6.45, 7) is 10.1. The van der Waals surface area contributed by atoms with E-state index in [0.29, 0.717) is 12.6 Å². The third-order valence-corrected chi connectivity index (χ3v) is 3.78. The van der Waals surface area contributed by atoms with Crippen LogP contribution in [0.1, 0.15) is 40.5 Å². The molecule has 0 radical (unpaired) electrons. The molecule has 1 heterocycles. The lowest BCUT2D eigenvalue weighted by Gasteiger charge is -2.46. The van der Waals surface area contributed by atoms with Crippen molar-refractivity contribution in [3.05, 3.63) is 0 Å². The fourth-order valence-corrected chi connectivity index (χ4v) is 2.80. The van der Waals surface area contributed by atoms with Crippen LogP contribution in [0.3, 0.4) is 0 Å². The van der Waals surface area contributed by atoms with Gasteiger partial charge in [-0.2, -0.15) is 0 Å². The average Bonchev–Trinajstić information content (AvgIpc) is 2.26. The zero-order chi connectivity index (χ0) is 15.4. The second-order valence-electron chi connectivity index (χ2n) is 6.56. The van der Waals surface area contributed by atoms with Crippen molar-refractivity contribution < 1.29 is 17.9 Å². The quantitative estimate of drug-likeness (QED) is 0.844. The summed E-state index contributed by atoms with van der Waals surface area (Å²) in [5, 5.41) is 3.51. The summed E-state index contributed by atoms with van der Waals surface area (Å²) >= 11 is 0. The van der Waals surface area contributed by atoms with E-state index in [0.717, 1.165) is 25.9 Å². The molecule has 1 aliphatic heterocycles. The molecule has 0 aromatic rings. The first-order chi connectivity index (χ1) is 9.13. The highest BCUT2D eigenvalue weighted by atomic mass is 19.4. The van der Waals surface area contributed by atoms with Crippen LogP contribution in [0.25, 0.3) is 0 Å². The predicted molar refractivity (Wildman–Crippen MR) is 73.5 cm³/mol. The van der Waals surface area contributed by atoms with Gasteiger partial charge in [-0.15, -0.1) is 13.2 Å². The van der Waals surface area contributed by atoms with Gasteiger partial charge in [-0.1, -0.05) is 34.1 Å². The van der Waals surface area contributed by atoms with E-state index >= 15 is 0 Å². The molecule has 2 unspecified atom stereocenters. The first-order valence-corrected chi connectivity index (χ1v) is 7.31. The summed E-state index contributed by atoms with van der Waals surface area (Å²) in [5.41, 5.74) is 0.0302. The molecule has 0 saturated carbocycles. The van der Waals surface area contributed by atoms with Crippen LogP contribution in [0.5, 0.6) is 0 Å². The molecule has 0 aromatic heterocycles. The molecule has 0 spiro atoms. The summed E-state index contributed by atoms with van der Waals surface area (Å²) in [6.07, 6.45) is -2.41. The third-order valence-electron chi connectivity index (χ3n) is 3.78. The number of hydrogen-bond donors (Lipinski definition) is 1. The Morgan fingerprint density at radius 1 is 1.25 bits per heavy atom. The van der Waals surface area contributed by atoms with Gasteiger partial charge >= 0.3 is 6.36 Å². The maximum Gasteiger partial charge on any atom is 0.522 e. The highest BCUT2D eigenvalue weighted by Crippen LogP contribution is 2.27. The Bertz CT molecular complexity index is 289. The van der Waals surface area contributed by atoms with E-state index in [-0.39, 0.29) is 18.1 Å². The van der Waals surface area contributed by atoms with Crippen molar-refractivity contribution in [2.45, 2.75) is 59.0 Å². The lowest BCUT2D eigenvalue weighted by molar-refractivity contribution is -0.325. The standard InChI is InChI=1S/C14H27F3N2O/c1-5-6-11-10-19(7-8-20-14(15,16)17)12(9-18-11)13(2,3)4/h11-12,18H,5-10H2,1-4H3. The summed E-state index contributed by atoms with van der Waals surface area (Å²) in [4.78, 5) is 2.14. The van der Waals surface area contributed by atoms with Crippen LogP contribution in [0.2, 0.25) is 0 Å². The van der Waals surface area contributed by atoms with Gasteiger partial charge in [0.2, 0.25) is 0 Å². The molecule has 120 valence electrons. The van der Waals surface area contributed by atoms with Crippen molar-refractivity contribution in [3.8, 4) is 0 Å². The molecule has 1 fully saturated rings. The lowest BCUT2D eigenvalue weighted by atomic mass is 9.83. The van der Waals surface area contributed by atoms with E-state index in [1.54, 1.807) is 0 Å². The van der Waals surface area contributed by atoms with E-state index in [4.69, 9.17) is 0 Å². The van der Waals surface area contributed by atoms with Crippen molar-refractivity contribution in [2.24, 2.45) is 5.41 Å². The van der Waals surface area contributed by atoms with Crippen LogP contribution in [-0.4, -0.2) is 49.6 Å². The number of hydrogen-bond acceptors (Lipinski definition) is 3. The second-order valence-corrected chi connectivity index (χ2v) is 6.56. The summed E-state index contributed by atoms with van der Waals surface area (Å²) < 4.78 is 40.2. The Kier molecular flexibility index (Phi) is 6.28. The van der Waals surface area contributed by atoms with E-state index < -0.39 is 6.36 Å². The van der Waals surface area contributed by atoms with Crippen LogP contribution in [0.4, 0.5) is 13.2 Å². The largest absolute Gasteiger partial charge is 0.522 e. The van der Waals surface area contributed by atoms with Crippen LogP contribution in [-0.2, 0) is 4.74 Å². The molecular weight excluding hydrogens is 269 g/mol. The van der Waals surface area contributed by atoms with Gasteiger partial charge in [0.15, 0.2) is 0 Å².